The molecule has 0 radical (unpaired) electrons. The van der Waals surface area contributed by atoms with Gasteiger partial charge in [-0.15, -0.1) is 0 Å². The van der Waals surface area contributed by atoms with Gasteiger partial charge in [-0.25, -0.2) is 4.98 Å². The summed E-state index contributed by atoms with van der Waals surface area (Å²) in [4.78, 5) is 18.1. The van der Waals surface area contributed by atoms with Crippen molar-refractivity contribution in [3.63, 3.8) is 0 Å². The fraction of sp³-hybridized carbons (Fsp3) is 0.636. The van der Waals surface area contributed by atoms with Gasteiger partial charge in [0.15, 0.2) is 17.2 Å². The number of aromatic amines is 1. The first-order valence-electron chi connectivity index (χ1n) is 6.30. The van der Waals surface area contributed by atoms with E-state index < -0.39 is 42.8 Å². The fourth-order valence-corrected chi connectivity index (χ4v) is 2.51. The van der Waals surface area contributed by atoms with Crippen LogP contribution in [0.2, 0.25) is 5.02 Å². The van der Waals surface area contributed by atoms with Gasteiger partial charge in [-0.3, -0.25) is 4.79 Å². The Morgan fingerprint density at radius 1 is 1.36 bits per heavy atom. The zero-order valence-corrected chi connectivity index (χ0v) is 13.0. The number of hydrogen-bond acceptors (Lipinski definition) is 9. The van der Waals surface area contributed by atoms with Crippen LogP contribution in [0.3, 0.4) is 0 Å². The predicted octanol–water partition coefficient (Wildman–Crippen LogP) is -1.64. The van der Waals surface area contributed by atoms with Crippen molar-refractivity contribution in [3.05, 3.63) is 15.4 Å². The largest absolute Gasteiger partial charge is 0.394 e. The lowest BCUT2D eigenvalue weighted by molar-refractivity contribution is -0.221. The predicted molar refractivity (Wildman–Crippen MR) is 79.0 cm³/mol. The molecular weight excluding hydrogens is 338 g/mol. The van der Waals surface area contributed by atoms with Gasteiger partial charge in [-0.05, 0) is 6.26 Å². The minimum atomic E-state index is -1.54. The van der Waals surface area contributed by atoms with Crippen LogP contribution in [-0.4, -0.2) is 73.9 Å². The zero-order valence-electron chi connectivity index (χ0n) is 11.4. The normalized spacial score (nSPS) is 32.0. The Bertz CT molecular complexity index is 585. The van der Waals surface area contributed by atoms with E-state index in [0.717, 1.165) is 0 Å². The summed E-state index contributed by atoms with van der Waals surface area (Å²) in [6.45, 7) is -0.560. The highest BCUT2D eigenvalue weighted by molar-refractivity contribution is 7.98. The lowest BCUT2D eigenvalue weighted by atomic mass is 9.98. The maximum Gasteiger partial charge on any atom is 0.272 e. The summed E-state index contributed by atoms with van der Waals surface area (Å²) in [5.74, 6) is -0.0425. The van der Waals surface area contributed by atoms with Gasteiger partial charge in [0.2, 0.25) is 0 Å². The number of nitrogens with zero attached hydrogens (tertiary/aromatic N) is 1. The zero-order chi connectivity index (χ0) is 16.4. The Hall–Kier alpha value is -0.880. The summed E-state index contributed by atoms with van der Waals surface area (Å²) >= 11 is 7.02. The first-order chi connectivity index (χ1) is 10.4. The molecule has 9 nitrogen and oxygen atoms in total. The Labute approximate surface area is 134 Å². The van der Waals surface area contributed by atoms with Crippen LogP contribution in [0.25, 0.3) is 0 Å². The molecule has 0 saturated carbocycles. The molecule has 1 saturated heterocycles. The molecule has 1 aliphatic rings. The quantitative estimate of drug-likeness (QED) is 0.277. The molecule has 0 unspecified atom stereocenters. The van der Waals surface area contributed by atoms with Gasteiger partial charge in [0.1, 0.15) is 29.4 Å². The molecule has 1 aromatic heterocycles. The second-order valence-electron chi connectivity index (χ2n) is 4.63. The summed E-state index contributed by atoms with van der Waals surface area (Å²) in [7, 11) is 0. The SMILES string of the molecule is CSc1nc(N[C@@H]2O[C@@H](CO)[C@@H](O)[C@@H](O)[C@H]2O)c(Cl)c(=O)[nH]1. The molecule has 2 rings (SSSR count). The molecule has 124 valence electrons. The van der Waals surface area contributed by atoms with Crippen molar-refractivity contribution in [2.75, 3.05) is 18.2 Å². The Morgan fingerprint density at radius 2 is 2.05 bits per heavy atom. The molecule has 1 fully saturated rings. The van der Waals surface area contributed by atoms with E-state index in [4.69, 9.17) is 21.4 Å². The smallest absolute Gasteiger partial charge is 0.272 e. The Morgan fingerprint density at radius 3 is 2.64 bits per heavy atom. The Kier molecular flexibility index (Phi) is 5.66. The topological polar surface area (TPSA) is 148 Å². The van der Waals surface area contributed by atoms with Gasteiger partial charge >= 0.3 is 0 Å². The van der Waals surface area contributed by atoms with E-state index in [0.29, 0.717) is 5.16 Å². The van der Waals surface area contributed by atoms with Crippen LogP contribution in [-0.2, 0) is 4.74 Å². The number of aliphatic hydroxyl groups excluding tert-OH is 4. The van der Waals surface area contributed by atoms with Crippen LogP contribution in [0.1, 0.15) is 0 Å². The highest BCUT2D eigenvalue weighted by atomic mass is 35.5. The van der Waals surface area contributed by atoms with E-state index >= 15 is 0 Å². The molecule has 6 N–H and O–H groups in total. The van der Waals surface area contributed by atoms with Crippen LogP contribution in [0.5, 0.6) is 0 Å². The van der Waals surface area contributed by atoms with E-state index in [1.165, 1.54) is 11.8 Å². The maximum absolute atomic E-state index is 11.7. The third-order valence-corrected chi connectivity index (χ3v) is 4.14. The van der Waals surface area contributed by atoms with Gasteiger partial charge < -0.3 is 35.5 Å². The summed E-state index contributed by atoms with van der Waals surface area (Å²) in [5.41, 5.74) is -0.576. The first kappa shape index (κ1) is 17.5. The van der Waals surface area contributed by atoms with E-state index in [2.05, 4.69) is 15.3 Å². The molecule has 0 bridgehead atoms. The van der Waals surface area contributed by atoms with Crippen molar-refractivity contribution in [3.8, 4) is 0 Å². The van der Waals surface area contributed by atoms with E-state index in [1.807, 2.05) is 0 Å². The number of ether oxygens (including phenoxy) is 1. The van der Waals surface area contributed by atoms with Crippen molar-refractivity contribution >= 4 is 29.2 Å². The van der Waals surface area contributed by atoms with Crippen molar-refractivity contribution < 1.29 is 25.2 Å². The van der Waals surface area contributed by atoms with Crippen LogP contribution in [0.15, 0.2) is 9.95 Å². The Balaban J connectivity index is 2.26. The van der Waals surface area contributed by atoms with Crippen LogP contribution in [0, 0.1) is 0 Å². The van der Waals surface area contributed by atoms with Gasteiger partial charge in [0.05, 0.1) is 6.61 Å². The van der Waals surface area contributed by atoms with Crippen LogP contribution >= 0.6 is 23.4 Å². The van der Waals surface area contributed by atoms with Crippen LogP contribution < -0.4 is 10.9 Å². The number of rotatable bonds is 4. The lowest BCUT2D eigenvalue weighted by Crippen LogP contribution is -2.60. The van der Waals surface area contributed by atoms with Crippen LogP contribution in [0.4, 0.5) is 5.82 Å². The molecule has 2 heterocycles. The number of aliphatic hydroxyl groups is 4. The minimum Gasteiger partial charge on any atom is -0.394 e. The van der Waals surface area contributed by atoms with Crippen molar-refractivity contribution in [1.82, 2.24) is 9.97 Å². The second-order valence-corrected chi connectivity index (χ2v) is 5.80. The molecule has 1 aromatic rings. The van der Waals surface area contributed by atoms with Gasteiger partial charge in [-0.1, -0.05) is 23.4 Å². The molecule has 0 spiro atoms. The van der Waals surface area contributed by atoms with Gasteiger partial charge in [0, 0.05) is 0 Å². The number of halogens is 1. The number of anilines is 1. The molecular formula is C11H16ClN3O6S. The molecule has 5 atom stereocenters. The van der Waals surface area contributed by atoms with Crippen molar-refractivity contribution in [1.29, 1.82) is 0 Å². The summed E-state index contributed by atoms with van der Waals surface area (Å²) < 4.78 is 5.26. The number of nitrogens with one attached hydrogen (secondary N) is 2. The highest BCUT2D eigenvalue weighted by Gasteiger charge is 2.43. The molecule has 11 heteroatoms. The number of aromatic nitrogens is 2. The number of hydrogen-bond donors (Lipinski definition) is 6. The van der Waals surface area contributed by atoms with E-state index in [9.17, 15) is 20.1 Å². The van der Waals surface area contributed by atoms with Gasteiger partial charge in [0.25, 0.3) is 5.56 Å². The number of thioether (sulfide) groups is 1. The van der Waals surface area contributed by atoms with Gasteiger partial charge in [-0.2, -0.15) is 0 Å². The minimum absolute atomic E-state index is 0.0425. The van der Waals surface area contributed by atoms with E-state index in [-0.39, 0.29) is 10.8 Å². The lowest BCUT2D eigenvalue weighted by Gasteiger charge is -2.40. The molecule has 0 aromatic carbocycles. The average Bonchev–Trinajstić information content (AvgIpc) is 2.51. The average molecular weight is 354 g/mol. The molecule has 1 aliphatic heterocycles. The summed E-state index contributed by atoms with van der Waals surface area (Å²) in [6, 6.07) is 0. The van der Waals surface area contributed by atoms with Crippen molar-refractivity contribution in [2.45, 2.75) is 35.8 Å². The summed E-state index contributed by atoms with van der Waals surface area (Å²) in [6.07, 6.45) is -5.10. The fourth-order valence-electron chi connectivity index (χ4n) is 1.99. The monoisotopic (exact) mass is 353 g/mol. The molecule has 22 heavy (non-hydrogen) atoms. The molecule has 0 aliphatic carbocycles. The second kappa shape index (κ2) is 7.13. The standard InChI is InChI=1S/C11H16ClN3O6S/c1-22-11-14-8(4(12)9(20)15-11)13-10-7(19)6(18)5(17)3(2-16)21-10/h3,5-7,10,16-19H,2H2,1H3,(H2,13,14,15,20)/t3-,5+,6+,7+,10+/m0/s1. The first-order valence-corrected chi connectivity index (χ1v) is 7.90. The van der Waals surface area contributed by atoms with E-state index in [1.54, 1.807) is 6.26 Å². The number of H-pyrrole nitrogens is 1. The third-order valence-electron chi connectivity index (χ3n) is 3.21. The maximum atomic E-state index is 11.7. The third kappa shape index (κ3) is 3.38. The van der Waals surface area contributed by atoms with Crippen molar-refractivity contribution in [2.24, 2.45) is 0 Å². The summed E-state index contributed by atoms with van der Waals surface area (Å²) in [5, 5.41) is 41.1. The highest BCUT2D eigenvalue weighted by Crippen LogP contribution is 2.25. The molecule has 0 amide bonds.